The van der Waals surface area contributed by atoms with E-state index in [0.29, 0.717) is 17.9 Å². The van der Waals surface area contributed by atoms with Gasteiger partial charge in [-0.25, -0.2) is 0 Å². The molecule has 0 heterocycles. The summed E-state index contributed by atoms with van der Waals surface area (Å²) in [5, 5.41) is 10.5. The minimum atomic E-state index is -0.679. The van der Waals surface area contributed by atoms with E-state index in [-0.39, 0.29) is 10.8 Å². The van der Waals surface area contributed by atoms with Gasteiger partial charge in [0.15, 0.2) is 6.29 Å². The van der Waals surface area contributed by atoms with Crippen LogP contribution in [-0.4, -0.2) is 18.0 Å². The normalized spacial score (nSPS) is 18.1. The van der Waals surface area contributed by atoms with Gasteiger partial charge < -0.3 is 9.84 Å². The summed E-state index contributed by atoms with van der Waals surface area (Å²) in [7, 11) is 0. The average molecular weight is 286 g/mol. The summed E-state index contributed by atoms with van der Waals surface area (Å²) in [6.07, 6.45) is 2.40. The predicted octanol–water partition coefficient (Wildman–Crippen LogP) is 5.25. The molecule has 2 unspecified atom stereocenters. The van der Waals surface area contributed by atoms with E-state index in [1.807, 2.05) is 0 Å². The molecule has 0 bridgehead atoms. The van der Waals surface area contributed by atoms with Crippen molar-refractivity contribution >= 4 is 0 Å². The Bertz CT molecular complexity index is 270. The zero-order chi connectivity index (χ0) is 16.2. The van der Waals surface area contributed by atoms with Crippen LogP contribution in [0, 0.1) is 22.2 Å². The van der Waals surface area contributed by atoms with Gasteiger partial charge in [-0.2, -0.15) is 0 Å². The molecule has 0 rings (SSSR count). The monoisotopic (exact) mass is 286 g/mol. The maximum Gasteiger partial charge on any atom is 0.160 e. The first kappa shape index (κ1) is 19.9. The number of hydrogen-bond donors (Lipinski definition) is 1. The van der Waals surface area contributed by atoms with Gasteiger partial charge in [0.25, 0.3) is 0 Å². The van der Waals surface area contributed by atoms with E-state index >= 15 is 0 Å². The summed E-state index contributed by atoms with van der Waals surface area (Å²) < 4.78 is 5.77. The number of hydrogen-bond acceptors (Lipinski definition) is 2. The van der Waals surface area contributed by atoms with E-state index in [1.165, 1.54) is 0 Å². The van der Waals surface area contributed by atoms with E-state index in [9.17, 15) is 5.11 Å². The Labute approximate surface area is 127 Å². The molecule has 20 heavy (non-hydrogen) atoms. The third-order valence-electron chi connectivity index (χ3n) is 4.14. The van der Waals surface area contributed by atoms with E-state index in [4.69, 9.17) is 4.74 Å². The minimum Gasteiger partial charge on any atom is -0.367 e. The van der Waals surface area contributed by atoms with Crippen LogP contribution in [0.4, 0.5) is 0 Å². The summed E-state index contributed by atoms with van der Waals surface area (Å²) in [6, 6.07) is 0. The molecule has 2 atom stereocenters. The summed E-state index contributed by atoms with van der Waals surface area (Å²) in [4.78, 5) is 0. The first-order chi connectivity index (χ1) is 8.78. The van der Waals surface area contributed by atoms with Gasteiger partial charge >= 0.3 is 0 Å². The molecular weight excluding hydrogens is 248 g/mol. The van der Waals surface area contributed by atoms with Crippen LogP contribution in [0.1, 0.15) is 81.6 Å². The molecule has 0 fully saturated rings. The van der Waals surface area contributed by atoms with Gasteiger partial charge in [0.05, 0.1) is 0 Å². The average Bonchev–Trinajstić information content (AvgIpc) is 2.19. The van der Waals surface area contributed by atoms with Gasteiger partial charge in [0.2, 0.25) is 0 Å². The zero-order valence-corrected chi connectivity index (χ0v) is 15.3. The molecule has 0 aromatic rings. The third-order valence-corrected chi connectivity index (χ3v) is 4.14. The number of aliphatic hydroxyl groups is 1. The molecule has 2 heteroatoms. The first-order valence-electron chi connectivity index (χ1n) is 8.08. The fraction of sp³-hybridized carbons (Fsp3) is 1.00. The maximum atomic E-state index is 10.5. The molecule has 0 radical (unpaired) electrons. The molecule has 0 aliphatic carbocycles. The molecule has 0 aliphatic rings. The minimum absolute atomic E-state index is 0.189. The molecule has 0 saturated carbocycles. The molecule has 2 nitrogen and oxygen atoms in total. The smallest absolute Gasteiger partial charge is 0.160 e. The molecule has 0 spiro atoms. The van der Waals surface area contributed by atoms with Gasteiger partial charge in [-0.1, -0.05) is 62.3 Å². The van der Waals surface area contributed by atoms with Gasteiger partial charge in [0.1, 0.15) is 0 Å². The topological polar surface area (TPSA) is 29.5 Å². The quantitative estimate of drug-likeness (QED) is 0.512. The molecule has 0 aromatic heterocycles. The fourth-order valence-electron chi connectivity index (χ4n) is 2.71. The highest BCUT2D eigenvalue weighted by molar-refractivity contribution is 4.85. The molecule has 0 aromatic carbocycles. The maximum absolute atomic E-state index is 10.5. The lowest BCUT2D eigenvalue weighted by Gasteiger charge is -2.42. The van der Waals surface area contributed by atoms with Crippen LogP contribution in [0.2, 0.25) is 0 Å². The van der Waals surface area contributed by atoms with E-state index in [1.54, 1.807) is 0 Å². The van der Waals surface area contributed by atoms with Crippen LogP contribution in [0.5, 0.6) is 0 Å². The standard InChI is InChI=1S/C18H38O2/c1-14(2)18(9,13-17(6,7)8)15(19)20-12-10-11-16(3,4)5/h14-15,19H,10-13H2,1-9H3. The highest BCUT2D eigenvalue weighted by Gasteiger charge is 2.40. The van der Waals surface area contributed by atoms with Crippen molar-refractivity contribution in [2.75, 3.05) is 6.61 Å². The number of rotatable bonds is 7. The van der Waals surface area contributed by atoms with Gasteiger partial charge in [-0.3, -0.25) is 0 Å². The lowest BCUT2D eigenvalue weighted by molar-refractivity contribution is -0.194. The van der Waals surface area contributed by atoms with Gasteiger partial charge in [0, 0.05) is 12.0 Å². The van der Waals surface area contributed by atoms with Crippen molar-refractivity contribution in [1.82, 2.24) is 0 Å². The second-order valence-electron chi connectivity index (χ2n) is 9.29. The van der Waals surface area contributed by atoms with E-state index < -0.39 is 6.29 Å². The Hall–Kier alpha value is -0.0800. The van der Waals surface area contributed by atoms with Gasteiger partial charge in [-0.05, 0) is 36.0 Å². The molecule has 0 saturated heterocycles. The molecule has 1 N–H and O–H groups in total. The molecule has 0 amide bonds. The molecule has 0 aliphatic heterocycles. The van der Waals surface area contributed by atoms with Crippen molar-refractivity contribution in [3.05, 3.63) is 0 Å². The van der Waals surface area contributed by atoms with Crippen LogP contribution in [-0.2, 0) is 4.74 Å². The van der Waals surface area contributed by atoms with E-state index in [0.717, 1.165) is 19.3 Å². The van der Waals surface area contributed by atoms with E-state index in [2.05, 4.69) is 62.3 Å². The van der Waals surface area contributed by atoms with Crippen LogP contribution in [0.25, 0.3) is 0 Å². The summed E-state index contributed by atoms with van der Waals surface area (Å²) in [5.74, 6) is 0.388. The lowest BCUT2D eigenvalue weighted by Crippen LogP contribution is -2.42. The second kappa shape index (κ2) is 7.26. The summed E-state index contributed by atoms with van der Waals surface area (Å²) in [5.41, 5.74) is 0.329. The van der Waals surface area contributed by atoms with Crippen LogP contribution in [0.3, 0.4) is 0 Å². The number of aliphatic hydroxyl groups excluding tert-OH is 1. The van der Waals surface area contributed by atoms with Crippen molar-refractivity contribution < 1.29 is 9.84 Å². The SMILES string of the molecule is CC(C)C(C)(CC(C)(C)C)C(O)OCCCC(C)(C)C. The highest BCUT2D eigenvalue weighted by atomic mass is 16.6. The highest BCUT2D eigenvalue weighted by Crippen LogP contribution is 2.42. The number of ether oxygens (including phenoxy) is 1. The van der Waals surface area contributed by atoms with Crippen molar-refractivity contribution in [3.63, 3.8) is 0 Å². The Morgan fingerprint density at radius 1 is 0.900 bits per heavy atom. The van der Waals surface area contributed by atoms with Gasteiger partial charge in [-0.15, -0.1) is 0 Å². The Balaban J connectivity index is 4.48. The second-order valence-corrected chi connectivity index (χ2v) is 9.29. The Kier molecular flexibility index (Phi) is 7.24. The molecular formula is C18H38O2. The van der Waals surface area contributed by atoms with Crippen molar-refractivity contribution in [1.29, 1.82) is 0 Å². The summed E-state index contributed by atoms with van der Waals surface area (Å²) in [6.45, 7) is 20.5. The lowest BCUT2D eigenvalue weighted by atomic mass is 9.68. The van der Waals surface area contributed by atoms with Crippen LogP contribution < -0.4 is 0 Å². The Morgan fingerprint density at radius 3 is 1.75 bits per heavy atom. The Morgan fingerprint density at radius 2 is 1.40 bits per heavy atom. The third kappa shape index (κ3) is 7.64. The van der Waals surface area contributed by atoms with Crippen LogP contribution >= 0.6 is 0 Å². The first-order valence-corrected chi connectivity index (χ1v) is 8.08. The van der Waals surface area contributed by atoms with Crippen molar-refractivity contribution in [2.45, 2.75) is 87.9 Å². The summed E-state index contributed by atoms with van der Waals surface area (Å²) >= 11 is 0. The largest absolute Gasteiger partial charge is 0.367 e. The van der Waals surface area contributed by atoms with Crippen molar-refractivity contribution in [2.24, 2.45) is 22.2 Å². The zero-order valence-electron chi connectivity index (χ0n) is 15.3. The predicted molar refractivity (Wildman–Crippen MR) is 87.7 cm³/mol. The van der Waals surface area contributed by atoms with Crippen LogP contribution in [0.15, 0.2) is 0 Å². The molecule has 122 valence electrons. The fourth-order valence-corrected chi connectivity index (χ4v) is 2.71. The van der Waals surface area contributed by atoms with Crippen molar-refractivity contribution in [3.8, 4) is 0 Å².